The molecule has 0 saturated carbocycles. The van der Waals surface area contributed by atoms with Crippen LogP contribution in [0.5, 0.6) is 5.75 Å². The predicted octanol–water partition coefficient (Wildman–Crippen LogP) is 0.634. The minimum atomic E-state index is -3.84. The summed E-state index contributed by atoms with van der Waals surface area (Å²) in [5.41, 5.74) is 0. The first-order valence-electron chi connectivity index (χ1n) is 10.0. The SMILES string of the molecule is CCOc1ccc(S(=O)(=O)N2CCN(C(=O)CN(C)S(=O)(=O)c3cccnc3)CC2)cc1. The van der Waals surface area contributed by atoms with Gasteiger partial charge in [0.25, 0.3) is 0 Å². The molecule has 1 aliphatic rings. The van der Waals surface area contributed by atoms with Crippen LogP contribution in [0.15, 0.2) is 58.6 Å². The zero-order valence-electron chi connectivity index (χ0n) is 17.9. The van der Waals surface area contributed by atoms with Crippen LogP contribution in [-0.4, -0.2) is 87.6 Å². The Morgan fingerprint density at radius 2 is 1.69 bits per heavy atom. The van der Waals surface area contributed by atoms with E-state index in [1.165, 1.54) is 52.9 Å². The maximum atomic E-state index is 12.9. The zero-order valence-corrected chi connectivity index (χ0v) is 19.5. The van der Waals surface area contributed by atoms with Crippen LogP contribution < -0.4 is 4.74 Å². The molecule has 1 fully saturated rings. The molecule has 1 saturated heterocycles. The molecule has 1 aromatic carbocycles. The average Bonchev–Trinajstić information content (AvgIpc) is 2.80. The van der Waals surface area contributed by atoms with Crippen LogP contribution in [0.1, 0.15) is 6.92 Å². The van der Waals surface area contributed by atoms with Gasteiger partial charge in [-0.05, 0) is 43.3 Å². The summed E-state index contributed by atoms with van der Waals surface area (Å²) in [7, 11) is -6.22. The number of pyridine rings is 1. The Kier molecular flexibility index (Phi) is 7.49. The number of benzene rings is 1. The fourth-order valence-electron chi connectivity index (χ4n) is 3.26. The van der Waals surface area contributed by atoms with Crippen molar-refractivity contribution in [1.29, 1.82) is 0 Å². The Bertz CT molecular complexity index is 1130. The van der Waals surface area contributed by atoms with E-state index in [9.17, 15) is 21.6 Å². The Hall–Kier alpha value is -2.54. The summed E-state index contributed by atoms with van der Waals surface area (Å²) < 4.78 is 58.6. The Morgan fingerprint density at radius 1 is 1.03 bits per heavy atom. The number of amides is 1. The van der Waals surface area contributed by atoms with Crippen molar-refractivity contribution in [3.63, 3.8) is 0 Å². The topological polar surface area (TPSA) is 117 Å². The van der Waals surface area contributed by atoms with Crippen LogP contribution in [0.4, 0.5) is 0 Å². The van der Waals surface area contributed by atoms with Gasteiger partial charge in [0.05, 0.1) is 18.0 Å². The lowest BCUT2D eigenvalue weighted by Gasteiger charge is -2.34. The molecule has 0 bridgehead atoms. The smallest absolute Gasteiger partial charge is 0.244 e. The summed E-state index contributed by atoms with van der Waals surface area (Å²) in [5.74, 6) is 0.199. The molecule has 32 heavy (non-hydrogen) atoms. The van der Waals surface area contributed by atoms with Gasteiger partial charge in [-0.3, -0.25) is 9.78 Å². The summed E-state index contributed by atoms with van der Waals surface area (Å²) in [6, 6.07) is 9.12. The van der Waals surface area contributed by atoms with Crippen molar-refractivity contribution in [2.75, 3.05) is 46.4 Å². The Balaban J connectivity index is 1.59. The molecule has 10 nitrogen and oxygen atoms in total. The van der Waals surface area contributed by atoms with Gasteiger partial charge in [0.1, 0.15) is 10.6 Å². The number of ether oxygens (including phenoxy) is 1. The Labute approximate surface area is 188 Å². The van der Waals surface area contributed by atoms with E-state index in [1.807, 2.05) is 6.92 Å². The highest BCUT2D eigenvalue weighted by Gasteiger charge is 2.31. The van der Waals surface area contributed by atoms with Crippen LogP contribution in [-0.2, 0) is 24.8 Å². The van der Waals surface area contributed by atoms with Crippen molar-refractivity contribution in [2.24, 2.45) is 0 Å². The Morgan fingerprint density at radius 3 is 2.25 bits per heavy atom. The minimum Gasteiger partial charge on any atom is -0.494 e. The number of carbonyl (C=O) groups is 1. The van der Waals surface area contributed by atoms with Gasteiger partial charge in [-0.15, -0.1) is 0 Å². The van der Waals surface area contributed by atoms with E-state index in [2.05, 4.69) is 4.98 Å². The molecule has 1 aromatic heterocycles. The van der Waals surface area contributed by atoms with Gasteiger partial charge in [0.15, 0.2) is 0 Å². The van der Waals surface area contributed by atoms with Crippen LogP contribution in [0.2, 0.25) is 0 Å². The molecule has 0 N–H and O–H groups in total. The third-order valence-corrected chi connectivity index (χ3v) is 8.76. The van der Waals surface area contributed by atoms with Crippen molar-refractivity contribution >= 4 is 26.0 Å². The van der Waals surface area contributed by atoms with Crippen molar-refractivity contribution in [3.05, 3.63) is 48.8 Å². The maximum absolute atomic E-state index is 12.9. The quantitative estimate of drug-likeness (QED) is 0.542. The van der Waals surface area contributed by atoms with Crippen molar-refractivity contribution in [2.45, 2.75) is 16.7 Å². The summed E-state index contributed by atoms with van der Waals surface area (Å²) in [6.07, 6.45) is 2.69. The van der Waals surface area contributed by atoms with E-state index in [0.29, 0.717) is 12.4 Å². The highest BCUT2D eigenvalue weighted by molar-refractivity contribution is 7.89. The van der Waals surface area contributed by atoms with Gasteiger partial charge in [-0.2, -0.15) is 8.61 Å². The summed E-state index contributed by atoms with van der Waals surface area (Å²) >= 11 is 0. The van der Waals surface area contributed by atoms with Crippen molar-refractivity contribution in [3.8, 4) is 5.75 Å². The van der Waals surface area contributed by atoms with Crippen molar-refractivity contribution < 1.29 is 26.4 Å². The fourth-order valence-corrected chi connectivity index (χ4v) is 5.76. The third-order valence-electron chi connectivity index (χ3n) is 5.06. The monoisotopic (exact) mass is 482 g/mol. The van der Waals surface area contributed by atoms with Crippen LogP contribution >= 0.6 is 0 Å². The molecule has 0 aliphatic carbocycles. The lowest BCUT2D eigenvalue weighted by molar-refractivity contribution is -0.132. The van der Waals surface area contributed by atoms with E-state index in [4.69, 9.17) is 4.74 Å². The van der Waals surface area contributed by atoms with E-state index in [1.54, 1.807) is 12.1 Å². The minimum absolute atomic E-state index is 0.00145. The van der Waals surface area contributed by atoms with E-state index in [0.717, 1.165) is 4.31 Å². The highest BCUT2D eigenvalue weighted by atomic mass is 32.2. The maximum Gasteiger partial charge on any atom is 0.244 e. The number of rotatable bonds is 8. The van der Waals surface area contributed by atoms with E-state index >= 15 is 0 Å². The number of carbonyl (C=O) groups excluding carboxylic acids is 1. The molecule has 0 spiro atoms. The molecule has 0 atom stereocenters. The first kappa shape index (κ1) is 24.1. The number of nitrogens with zero attached hydrogens (tertiary/aromatic N) is 4. The van der Waals surface area contributed by atoms with Crippen LogP contribution in [0.3, 0.4) is 0 Å². The lowest BCUT2D eigenvalue weighted by Crippen LogP contribution is -2.52. The molecular weight excluding hydrogens is 456 g/mol. The lowest BCUT2D eigenvalue weighted by atomic mass is 10.3. The second kappa shape index (κ2) is 9.94. The predicted molar refractivity (Wildman–Crippen MR) is 117 cm³/mol. The zero-order chi connectivity index (χ0) is 23.4. The second-order valence-corrected chi connectivity index (χ2v) is 11.1. The molecule has 1 aliphatic heterocycles. The largest absolute Gasteiger partial charge is 0.494 e. The van der Waals surface area contributed by atoms with E-state index < -0.39 is 26.0 Å². The van der Waals surface area contributed by atoms with Crippen LogP contribution in [0.25, 0.3) is 0 Å². The average molecular weight is 483 g/mol. The normalized spacial score (nSPS) is 15.7. The number of likely N-dealkylation sites (N-methyl/N-ethyl adjacent to an activating group) is 1. The standard InChI is InChI=1S/C20H26N4O6S2/c1-3-30-17-6-8-18(9-7-17)32(28,29)24-13-11-23(12-14-24)20(25)16-22(2)31(26,27)19-5-4-10-21-15-19/h4-10,15H,3,11-14,16H2,1-2H3. The molecule has 3 rings (SSSR count). The van der Waals surface area contributed by atoms with Gasteiger partial charge >= 0.3 is 0 Å². The van der Waals surface area contributed by atoms with Gasteiger partial charge < -0.3 is 9.64 Å². The number of sulfonamides is 2. The second-order valence-electron chi connectivity index (χ2n) is 7.14. The molecule has 2 aromatic rings. The number of hydrogen-bond donors (Lipinski definition) is 0. The van der Waals surface area contributed by atoms with Gasteiger partial charge in [-0.1, -0.05) is 0 Å². The summed E-state index contributed by atoms with van der Waals surface area (Å²) in [4.78, 5) is 18.1. The van der Waals surface area contributed by atoms with E-state index in [-0.39, 0.29) is 42.5 Å². The molecule has 1 amide bonds. The van der Waals surface area contributed by atoms with Crippen LogP contribution in [0, 0.1) is 0 Å². The molecule has 0 radical (unpaired) electrons. The van der Waals surface area contributed by atoms with Crippen molar-refractivity contribution in [1.82, 2.24) is 18.5 Å². The van der Waals surface area contributed by atoms with Gasteiger partial charge in [0, 0.05) is 45.6 Å². The summed E-state index contributed by atoms with van der Waals surface area (Å²) in [6.45, 7) is 2.59. The first-order chi connectivity index (χ1) is 15.2. The third kappa shape index (κ3) is 5.26. The molecule has 0 unspecified atom stereocenters. The van der Waals surface area contributed by atoms with Gasteiger partial charge in [-0.25, -0.2) is 16.8 Å². The number of piperazine rings is 1. The highest BCUT2D eigenvalue weighted by Crippen LogP contribution is 2.21. The molecule has 12 heteroatoms. The molecule has 2 heterocycles. The first-order valence-corrected chi connectivity index (χ1v) is 12.9. The molecular formula is C20H26N4O6S2. The number of hydrogen-bond acceptors (Lipinski definition) is 7. The fraction of sp³-hybridized carbons (Fsp3) is 0.400. The summed E-state index contributed by atoms with van der Waals surface area (Å²) in [5, 5.41) is 0. The number of aromatic nitrogens is 1. The molecule has 174 valence electrons. The van der Waals surface area contributed by atoms with Gasteiger partial charge in [0.2, 0.25) is 26.0 Å².